The molecule has 0 saturated heterocycles. The van der Waals surface area contributed by atoms with Crippen LogP contribution in [0.25, 0.3) is 0 Å². The van der Waals surface area contributed by atoms with E-state index in [1.165, 1.54) is 5.56 Å². The average Bonchev–Trinajstić information content (AvgIpc) is 2.39. The SMILES string of the molecule is CN(Cc1ccccc1)c1ccc(CN)c(Cl)c1. The van der Waals surface area contributed by atoms with Gasteiger partial charge in [0.05, 0.1) is 0 Å². The molecule has 18 heavy (non-hydrogen) atoms. The highest BCUT2D eigenvalue weighted by Crippen LogP contribution is 2.23. The molecule has 2 N–H and O–H groups in total. The van der Waals surface area contributed by atoms with Crippen LogP contribution < -0.4 is 10.6 Å². The molecule has 0 radical (unpaired) electrons. The zero-order valence-corrected chi connectivity index (χ0v) is 11.2. The van der Waals surface area contributed by atoms with Gasteiger partial charge in [0.15, 0.2) is 0 Å². The van der Waals surface area contributed by atoms with Crippen LogP contribution in [0.4, 0.5) is 5.69 Å². The van der Waals surface area contributed by atoms with Gasteiger partial charge in [-0.1, -0.05) is 48.0 Å². The second-order valence-corrected chi connectivity index (χ2v) is 4.73. The fourth-order valence-corrected chi connectivity index (χ4v) is 2.14. The van der Waals surface area contributed by atoms with E-state index in [1.807, 2.05) is 30.3 Å². The van der Waals surface area contributed by atoms with Gasteiger partial charge >= 0.3 is 0 Å². The minimum absolute atomic E-state index is 0.474. The molecule has 0 saturated carbocycles. The molecule has 0 aliphatic heterocycles. The first kappa shape index (κ1) is 12.9. The molecule has 0 aromatic heterocycles. The third kappa shape index (κ3) is 3.03. The zero-order valence-electron chi connectivity index (χ0n) is 10.4. The third-order valence-electron chi connectivity index (χ3n) is 2.96. The fourth-order valence-electron chi connectivity index (χ4n) is 1.89. The summed E-state index contributed by atoms with van der Waals surface area (Å²) >= 11 is 6.17. The molecule has 2 nitrogen and oxygen atoms in total. The Kier molecular flexibility index (Phi) is 4.24. The Balaban J connectivity index is 2.14. The number of hydrogen-bond donors (Lipinski definition) is 1. The van der Waals surface area contributed by atoms with E-state index in [-0.39, 0.29) is 0 Å². The van der Waals surface area contributed by atoms with E-state index in [2.05, 4.69) is 30.1 Å². The highest BCUT2D eigenvalue weighted by molar-refractivity contribution is 6.31. The smallest absolute Gasteiger partial charge is 0.0471 e. The summed E-state index contributed by atoms with van der Waals surface area (Å²) in [6.07, 6.45) is 0. The Morgan fingerprint density at radius 3 is 2.44 bits per heavy atom. The molecule has 2 aromatic rings. The third-order valence-corrected chi connectivity index (χ3v) is 3.31. The van der Waals surface area contributed by atoms with E-state index < -0.39 is 0 Å². The number of nitrogens with two attached hydrogens (primary N) is 1. The van der Waals surface area contributed by atoms with E-state index in [1.54, 1.807) is 0 Å². The van der Waals surface area contributed by atoms with Gasteiger partial charge < -0.3 is 10.6 Å². The van der Waals surface area contributed by atoms with Crippen LogP contribution in [0.1, 0.15) is 11.1 Å². The lowest BCUT2D eigenvalue weighted by Gasteiger charge is -2.20. The van der Waals surface area contributed by atoms with Crippen molar-refractivity contribution in [2.75, 3.05) is 11.9 Å². The molecule has 3 heteroatoms. The second kappa shape index (κ2) is 5.89. The van der Waals surface area contributed by atoms with Crippen LogP contribution in [0.15, 0.2) is 48.5 Å². The number of anilines is 1. The lowest BCUT2D eigenvalue weighted by molar-refractivity contribution is 0.921. The molecule has 0 bridgehead atoms. The van der Waals surface area contributed by atoms with Gasteiger partial charge in [0.1, 0.15) is 0 Å². The average molecular weight is 261 g/mol. The quantitative estimate of drug-likeness (QED) is 0.913. The first-order chi connectivity index (χ1) is 8.70. The van der Waals surface area contributed by atoms with Crippen molar-refractivity contribution in [2.45, 2.75) is 13.1 Å². The molecule has 0 unspecified atom stereocenters. The summed E-state index contributed by atoms with van der Waals surface area (Å²) in [5.41, 5.74) is 8.96. The molecule has 0 aliphatic carbocycles. The lowest BCUT2D eigenvalue weighted by atomic mass is 10.1. The van der Waals surface area contributed by atoms with Gasteiger partial charge in [-0.3, -0.25) is 0 Å². The molecule has 94 valence electrons. The van der Waals surface area contributed by atoms with E-state index >= 15 is 0 Å². The summed E-state index contributed by atoms with van der Waals surface area (Å²) in [6, 6.07) is 16.4. The van der Waals surface area contributed by atoms with Crippen LogP contribution in [0.5, 0.6) is 0 Å². The van der Waals surface area contributed by atoms with Crippen molar-refractivity contribution in [3.8, 4) is 0 Å². The molecule has 2 aromatic carbocycles. The van der Waals surface area contributed by atoms with Gasteiger partial charge in [0.2, 0.25) is 0 Å². The number of halogens is 1. The maximum atomic E-state index is 6.17. The van der Waals surface area contributed by atoms with Crippen molar-refractivity contribution in [3.05, 3.63) is 64.7 Å². The minimum atomic E-state index is 0.474. The van der Waals surface area contributed by atoms with E-state index in [9.17, 15) is 0 Å². The summed E-state index contributed by atoms with van der Waals surface area (Å²) in [4.78, 5) is 2.17. The molecular weight excluding hydrogens is 244 g/mol. The van der Waals surface area contributed by atoms with Crippen LogP contribution in [-0.2, 0) is 13.1 Å². The van der Waals surface area contributed by atoms with E-state index in [0.29, 0.717) is 6.54 Å². The minimum Gasteiger partial charge on any atom is -0.370 e. The van der Waals surface area contributed by atoms with Crippen molar-refractivity contribution >= 4 is 17.3 Å². The highest BCUT2D eigenvalue weighted by Gasteiger charge is 2.05. The monoisotopic (exact) mass is 260 g/mol. The van der Waals surface area contributed by atoms with Crippen molar-refractivity contribution in [1.29, 1.82) is 0 Å². The number of nitrogens with zero attached hydrogens (tertiary/aromatic N) is 1. The summed E-state index contributed by atoms with van der Waals surface area (Å²) in [7, 11) is 2.06. The summed E-state index contributed by atoms with van der Waals surface area (Å²) in [6.45, 7) is 1.33. The topological polar surface area (TPSA) is 29.3 Å². The van der Waals surface area contributed by atoms with Crippen LogP contribution in [-0.4, -0.2) is 7.05 Å². The first-order valence-corrected chi connectivity index (χ1v) is 6.32. The Labute approximate surface area is 113 Å². The number of hydrogen-bond acceptors (Lipinski definition) is 2. The van der Waals surface area contributed by atoms with Gasteiger partial charge in [0.25, 0.3) is 0 Å². The Morgan fingerprint density at radius 2 is 1.83 bits per heavy atom. The Bertz CT molecular complexity index is 511. The van der Waals surface area contributed by atoms with Crippen molar-refractivity contribution in [3.63, 3.8) is 0 Å². The van der Waals surface area contributed by atoms with Crippen molar-refractivity contribution < 1.29 is 0 Å². The molecular formula is C15H17ClN2. The molecule has 2 rings (SSSR count). The molecule has 0 spiro atoms. The van der Waals surface area contributed by atoms with Crippen LogP contribution in [0.2, 0.25) is 5.02 Å². The zero-order chi connectivity index (χ0) is 13.0. The standard InChI is InChI=1S/C15H17ClN2/c1-18(11-12-5-3-2-4-6-12)14-8-7-13(10-17)15(16)9-14/h2-9H,10-11,17H2,1H3. The summed E-state index contributed by atoms with van der Waals surface area (Å²) in [5, 5.41) is 0.731. The Morgan fingerprint density at radius 1 is 1.11 bits per heavy atom. The van der Waals surface area contributed by atoms with Gasteiger partial charge in [-0.25, -0.2) is 0 Å². The van der Waals surface area contributed by atoms with E-state index in [0.717, 1.165) is 22.8 Å². The number of benzene rings is 2. The predicted molar refractivity (Wildman–Crippen MR) is 77.9 cm³/mol. The van der Waals surface area contributed by atoms with Gasteiger partial charge in [0, 0.05) is 30.8 Å². The number of rotatable bonds is 4. The molecule has 0 fully saturated rings. The van der Waals surface area contributed by atoms with E-state index in [4.69, 9.17) is 17.3 Å². The molecule has 0 atom stereocenters. The van der Waals surface area contributed by atoms with Crippen LogP contribution in [0.3, 0.4) is 0 Å². The highest BCUT2D eigenvalue weighted by atomic mass is 35.5. The predicted octanol–water partition coefficient (Wildman–Crippen LogP) is 3.44. The van der Waals surface area contributed by atoms with Crippen molar-refractivity contribution in [2.24, 2.45) is 5.73 Å². The first-order valence-electron chi connectivity index (χ1n) is 5.94. The largest absolute Gasteiger partial charge is 0.370 e. The molecule has 0 amide bonds. The Hall–Kier alpha value is -1.51. The molecule has 0 aliphatic rings. The normalized spacial score (nSPS) is 10.4. The summed E-state index contributed by atoms with van der Waals surface area (Å²) < 4.78 is 0. The van der Waals surface area contributed by atoms with Gasteiger partial charge in [-0.2, -0.15) is 0 Å². The van der Waals surface area contributed by atoms with Crippen LogP contribution in [0, 0.1) is 0 Å². The van der Waals surface area contributed by atoms with Gasteiger partial charge in [-0.05, 0) is 23.3 Å². The summed E-state index contributed by atoms with van der Waals surface area (Å²) in [5.74, 6) is 0. The maximum absolute atomic E-state index is 6.17. The van der Waals surface area contributed by atoms with Gasteiger partial charge in [-0.15, -0.1) is 0 Å². The maximum Gasteiger partial charge on any atom is 0.0471 e. The fraction of sp³-hybridized carbons (Fsp3) is 0.200. The second-order valence-electron chi connectivity index (χ2n) is 4.32. The lowest BCUT2D eigenvalue weighted by Crippen LogP contribution is -2.16. The van der Waals surface area contributed by atoms with Crippen molar-refractivity contribution in [1.82, 2.24) is 0 Å². The molecule has 0 heterocycles. The van der Waals surface area contributed by atoms with Crippen LogP contribution >= 0.6 is 11.6 Å².